The van der Waals surface area contributed by atoms with E-state index in [0.29, 0.717) is 17.5 Å². The normalized spacial score (nSPS) is 11.7. The monoisotopic (exact) mass is 687 g/mol. The van der Waals surface area contributed by atoms with Crippen molar-refractivity contribution < 1.29 is 0 Å². The first-order valence-corrected chi connectivity index (χ1v) is 18.0. The van der Waals surface area contributed by atoms with Gasteiger partial charge in [0, 0.05) is 27.8 Å². The Morgan fingerprint density at radius 3 is 1.28 bits per heavy atom. The van der Waals surface area contributed by atoms with Gasteiger partial charge in [-0.3, -0.25) is 0 Å². The first-order valence-electron chi connectivity index (χ1n) is 18.0. The van der Waals surface area contributed by atoms with E-state index >= 15 is 0 Å². The molecule has 54 heavy (non-hydrogen) atoms. The predicted molar refractivity (Wildman–Crippen MR) is 222 cm³/mol. The highest BCUT2D eigenvalue weighted by Gasteiger charge is 2.25. The van der Waals surface area contributed by atoms with E-state index in [0.717, 1.165) is 72.3 Å². The van der Waals surface area contributed by atoms with E-state index in [1.807, 2.05) is 72.8 Å². The Hall–Kier alpha value is -7.41. The van der Waals surface area contributed by atoms with Crippen molar-refractivity contribution in [3.8, 4) is 78.7 Å². The van der Waals surface area contributed by atoms with Crippen molar-refractivity contribution in [2.75, 3.05) is 0 Å². The second kappa shape index (κ2) is 14.7. The quantitative estimate of drug-likeness (QED) is 0.149. The molecule has 0 saturated heterocycles. The second-order valence-corrected chi connectivity index (χ2v) is 13.0. The van der Waals surface area contributed by atoms with Crippen LogP contribution in [0.15, 0.2) is 212 Å². The Morgan fingerprint density at radius 2 is 0.759 bits per heavy atom. The van der Waals surface area contributed by atoms with Crippen LogP contribution in [0.4, 0.5) is 0 Å². The van der Waals surface area contributed by atoms with E-state index in [4.69, 9.17) is 15.0 Å². The number of nitrogens with zero attached hydrogens (tertiary/aromatic N) is 3. The molecular weight excluding hydrogens is 655 g/mol. The molecule has 9 rings (SSSR count). The minimum atomic E-state index is 0.614. The van der Waals surface area contributed by atoms with Crippen LogP contribution in [0.3, 0.4) is 0 Å². The Bertz CT molecular complexity index is 2680. The van der Waals surface area contributed by atoms with E-state index in [-0.39, 0.29) is 0 Å². The molecule has 0 unspecified atom stereocenters. The molecule has 3 nitrogen and oxygen atoms in total. The summed E-state index contributed by atoms with van der Waals surface area (Å²) in [6.45, 7) is 0. The van der Waals surface area contributed by atoms with Gasteiger partial charge in [0.2, 0.25) is 0 Å². The average Bonchev–Trinajstić information content (AvgIpc) is 3.27. The predicted octanol–water partition coefficient (Wildman–Crippen LogP) is 12.8. The molecule has 0 radical (unpaired) electrons. The van der Waals surface area contributed by atoms with Crippen LogP contribution in [0, 0.1) is 0 Å². The number of aromatic nitrogens is 3. The lowest BCUT2D eigenvalue weighted by Gasteiger charge is -2.24. The lowest BCUT2D eigenvalue weighted by molar-refractivity contribution is 1.07. The highest BCUT2D eigenvalue weighted by atomic mass is 15.0. The van der Waals surface area contributed by atoms with Crippen molar-refractivity contribution in [3.05, 3.63) is 217 Å². The zero-order chi connectivity index (χ0) is 36.1. The molecule has 7 aromatic carbocycles. The summed E-state index contributed by atoms with van der Waals surface area (Å²) in [7, 11) is 0. The maximum atomic E-state index is 5.07. The van der Waals surface area contributed by atoms with Crippen molar-refractivity contribution in [1.82, 2.24) is 15.0 Å². The van der Waals surface area contributed by atoms with Gasteiger partial charge in [-0.1, -0.05) is 187 Å². The van der Waals surface area contributed by atoms with Gasteiger partial charge in [0.1, 0.15) is 0 Å². The Balaban J connectivity index is 1.35. The largest absolute Gasteiger partial charge is 0.208 e. The van der Waals surface area contributed by atoms with E-state index in [2.05, 4.69) is 139 Å². The number of rotatable bonds is 8. The third-order valence-corrected chi connectivity index (χ3v) is 9.59. The molecule has 0 bridgehead atoms. The van der Waals surface area contributed by atoms with Gasteiger partial charge in [0.05, 0.1) is 0 Å². The Morgan fingerprint density at radius 1 is 0.333 bits per heavy atom. The van der Waals surface area contributed by atoms with Crippen molar-refractivity contribution in [2.45, 2.75) is 0 Å². The third kappa shape index (κ3) is 6.45. The molecule has 1 aliphatic rings. The van der Waals surface area contributed by atoms with Crippen LogP contribution < -0.4 is 0 Å². The maximum absolute atomic E-state index is 5.07. The van der Waals surface area contributed by atoms with Crippen molar-refractivity contribution in [2.24, 2.45) is 0 Å². The van der Waals surface area contributed by atoms with Crippen LogP contribution in [0.2, 0.25) is 0 Å². The van der Waals surface area contributed by atoms with Crippen LogP contribution in [-0.4, -0.2) is 15.0 Å². The zero-order valence-corrected chi connectivity index (χ0v) is 29.4. The summed E-state index contributed by atoms with van der Waals surface area (Å²) in [5.74, 6) is 1.88. The van der Waals surface area contributed by atoms with Gasteiger partial charge >= 0.3 is 0 Å². The fraction of sp³-hybridized carbons (Fsp3) is 0. The van der Waals surface area contributed by atoms with Gasteiger partial charge in [0.15, 0.2) is 17.5 Å². The summed E-state index contributed by atoms with van der Waals surface area (Å²) in [6, 6.07) is 63.2. The first-order chi connectivity index (χ1) is 26.8. The highest BCUT2D eigenvalue weighted by molar-refractivity contribution is 6.06. The van der Waals surface area contributed by atoms with Crippen molar-refractivity contribution >= 4 is 5.57 Å². The molecule has 1 heterocycles. The lowest BCUT2D eigenvalue weighted by atomic mass is 9.78. The molecule has 0 spiro atoms. The highest BCUT2D eigenvalue weighted by Crippen LogP contribution is 2.49. The van der Waals surface area contributed by atoms with Gasteiger partial charge in [-0.15, -0.1) is 0 Å². The van der Waals surface area contributed by atoms with Crippen molar-refractivity contribution in [1.29, 1.82) is 0 Å². The molecule has 1 aromatic heterocycles. The molecule has 0 saturated carbocycles. The molecule has 252 valence electrons. The molecular formula is C51H33N3. The molecule has 0 aliphatic heterocycles. The fourth-order valence-corrected chi connectivity index (χ4v) is 7.10. The summed E-state index contributed by atoms with van der Waals surface area (Å²) in [5.41, 5.74) is 20.5. The molecule has 0 N–H and O–H groups in total. The minimum Gasteiger partial charge on any atom is -0.208 e. The summed E-state index contributed by atoms with van der Waals surface area (Å²) in [4.78, 5) is 15.1. The van der Waals surface area contributed by atoms with Gasteiger partial charge in [-0.05, 0) is 68.8 Å². The Labute approximate surface area is 315 Å². The molecule has 0 atom stereocenters. The number of benzene rings is 7. The van der Waals surface area contributed by atoms with Crippen LogP contribution in [0.5, 0.6) is 0 Å². The topological polar surface area (TPSA) is 38.7 Å². The molecule has 1 aliphatic carbocycles. The maximum Gasteiger partial charge on any atom is 0.164 e. The van der Waals surface area contributed by atoms with Crippen molar-refractivity contribution in [3.63, 3.8) is 0 Å². The van der Waals surface area contributed by atoms with E-state index in [9.17, 15) is 0 Å². The summed E-state index contributed by atoms with van der Waals surface area (Å²) >= 11 is 0. The van der Waals surface area contributed by atoms with E-state index in [1.165, 1.54) is 0 Å². The van der Waals surface area contributed by atoms with Gasteiger partial charge in [0.25, 0.3) is 0 Å². The SMILES string of the molecule is C1=C=C(c2c(-c3ccccc3)cc(-c3cccc(-c4nc(-c5ccccc5)nc(-c5ccccc5)n4)c3)c(-c3ccccc3)c2-c2ccccc2)C=CC=1. The van der Waals surface area contributed by atoms with Crippen LogP contribution in [0.25, 0.3) is 84.2 Å². The molecule has 0 amide bonds. The Kier molecular flexibility index (Phi) is 8.83. The second-order valence-electron chi connectivity index (χ2n) is 13.0. The number of hydrogen-bond donors (Lipinski definition) is 0. The standard InChI is InChI=1S/C51H33N3/c1-7-20-36(21-8-1)44-35-45(47(38-24-11-3-12-25-38)48(39-26-13-4-14-27-39)46(44)37-22-9-2-10-23-37)42-32-19-33-43(34-42)51-53-49(40-28-15-5-16-29-40)52-50(54-51)41-30-17-6-18-31-41/h1-9,11-22,24-35H. The summed E-state index contributed by atoms with van der Waals surface area (Å²) < 4.78 is 0. The average molecular weight is 688 g/mol. The van der Waals surface area contributed by atoms with Crippen LogP contribution >= 0.6 is 0 Å². The first kappa shape index (κ1) is 32.5. The van der Waals surface area contributed by atoms with Gasteiger partial charge < -0.3 is 0 Å². The fourth-order valence-electron chi connectivity index (χ4n) is 7.10. The summed E-state index contributed by atoms with van der Waals surface area (Å²) in [5, 5.41) is 0. The minimum absolute atomic E-state index is 0.614. The lowest BCUT2D eigenvalue weighted by Crippen LogP contribution is -2.01. The molecule has 8 aromatic rings. The van der Waals surface area contributed by atoms with Gasteiger partial charge in [-0.25, -0.2) is 15.0 Å². The van der Waals surface area contributed by atoms with Crippen LogP contribution in [0.1, 0.15) is 5.56 Å². The molecule has 0 fully saturated rings. The number of hydrogen-bond acceptors (Lipinski definition) is 3. The number of allylic oxidation sites excluding steroid dienone is 4. The van der Waals surface area contributed by atoms with Crippen LogP contribution in [-0.2, 0) is 0 Å². The smallest absolute Gasteiger partial charge is 0.164 e. The zero-order valence-electron chi connectivity index (χ0n) is 29.4. The summed E-state index contributed by atoms with van der Waals surface area (Å²) in [6.07, 6.45) is 6.08. The molecule has 3 heteroatoms. The third-order valence-electron chi connectivity index (χ3n) is 9.59. The van der Waals surface area contributed by atoms with E-state index < -0.39 is 0 Å². The van der Waals surface area contributed by atoms with Gasteiger partial charge in [-0.2, -0.15) is 0 Å². The van der Waals surface area contributed by atoms with E-state index in [1.54, 1.807) is 0 Å².